The third-order valence-corrected chi connectivity index (χ3v) is 25.1. The lowest BCUT2D eigenvalue weighted by atomic mass is 11.7. The highest BCUT2D eigenvalue weighted by atomic mass is 28.4. The van der Waals surface area contributed by atoms with Gasteiger partial charge in [-0.05, 0) is 0 Å². The van der Waals surface area contributed by atoms with Crippen LogP contribution in [0.4, 0.5) is 0 Å². The first-order valence-electron chi connectivity index (χ1n) is 6.16. The van der Waals surface area contributed by atoms with E-state index in [2.05, 4.69) is 45.8 Å². The molecule has 0 aromatic carbocycles. The van der Waals surface area contributed by atoms with Crippen molar-refractivity contribution < 1.29 is 0 Å². The highest BCUT2D eigenvalue weighted by Gasteiger charge is 2.26. The fourth-order valence-corrected chi connectivity index (χ4v) is 28.7. The van der Waals surface area contributed by atoms with Crippen molar-refractivity contribution in [3.05, 3.63) is 0 Å². The minimum atomic E-state index is -0.748. The van der Waals surface area contributed by atoms with Crippen LogP contribution in [0, 0.1) is 0 Å². The zero-order chi connectivity index (χ0) is 11.4. The van der Waals surface area contributed by atoms with E-state index in [1.165, 1.54) is 0 Å². The van der Waals surface area contributed by atoms with Crippen molar-refractivity contribution in [2.75, 3.05) is 0 Å². The molecule has 14 heavy (non-hydrogen) atoms. The molecule has 0 saturated heterocycles. The van der Waals surface area contributed by atoms with Crippen molar-refractivity contribution in [3.63, 3.8) is 0 Å². The standard InChI is InChI=1S/C10H30Si4/c1-11-8-14(6,7)10-12(2)9-13(3,4)5/h12H,8-11H2,1-7H3. The molecule has 0 aromatic rings. The fraction of sp³-hybridized carbons (Fsp3) is 1.00. The monoisotopic (exact) mass is 262 g/mol. The average molecular weight is 263 g/mol. The molecule has 0 saturated carbocycles. The molecule has 0 bridgehead atoms. The Kier molecular flexibility index (Phi) is 6.18. The van der Waals surface area contributed by atoms with Gasteiger partial charge in [0.1, 0.15) is 0 Å². The minimum Gasteiger partial charge on any atom is -0.0750 e. The Morgan fingerprint density at radius 1 is 1.00 bits per heavy atom. The van der Waals surface area contributed by atoms with Gasteiger partial charge in [0, 0.05) is 34.5 Å². The Labute approximate surface area is 97.3 Å². The fourth-order valence-electron chi connectivity index (χ4n) is 2.84. The predicted octanol–water partition coefficient (Wildman–Crippen LogP) is 3.14. The summed E-state index contributed by atoms with van der Waals surface area (Å²) >= 11 is 0. The molecular formula is C10H30Si4. The predicted molar refractivity (Wildman–Crippen MR) is 82.7 cm³/mol. The molecule has 0 aliphatic carbocycles. The largest absolute Gasteiger partial charge is 0.0750 e. The summed E-state index contributed by atoms with van der Waals surface area (Å²) in [5.41, 5.74) is 5.09. The summed E-state index contributed by atoms with van der Waals surface area (Å²) < 4.78 is 0. The molecule has 1 atom stereocenters. The molecule has 0 aliphatic heterocycles. The molecule has 0 nitrogen and oxygen atoms in total. The summed E-state index contributed by atoms with van der Waals surface area (Å²) in [6.07, 6.45) is 0. The van der Waals surface area contributed by atoms with Crippen molar-refractivity contribution in [2.24, 2.45) is 0 Å². The maximum Gasteiger partial charge on any atom is 0.0413 e. The number of hydrogen-bond donors (Lipinski definition) is 0. The molecule has 1 unspecified atom stereocenters. The maximum atomic E-state index is 2.64. The van der Waals surface area contributed by atoms with Crippen molar-refractivity contribution in [3.8, 4) is 0 Å². The van der Waals surface area contributed by atoms with E-state index >= 15 is 0 Å². The van der Waals surface area contributed by atoms with Gasteiger partial charge in [-0.25, -0.2) is 0 Å². The van der Waals surface area contributed by atoms with Crippen molar-refractivity contribution >= 4 is 34.5 Å². The van der Waals surface area contributed by atoms with Gasteiger partial charge in [0.05, 0.1) is 0 Å². The van der Waals surface area contributed by atoms with Crippen LogP contribution < -0.4 is 0 Å². The van der Waals surface area contributed by atoms with Gasteiger partial charge in [-0.15, -0.1) is 0 Å². The number of hydrogen-bond acceptors (Lipinski definition) is 0. The van der Waals surface area contributed by atoms with E-state index in [4.69, 9.17) is 0 Å². The molecule has 4 heteroatoms. The lowest BCUT2D eigenvalue weighted by molar-refractivity contribution is 1.49. The van der Waals surface area contributed by atoms with Crippen molar-refractivity contribution in [1.82, 2.24) is 0 Å². The Balaban J connectivity index is 3.98. The van der Waals surface area contributed by atoms with Gasteiger partial charge < -0.3 is 0 Å². The van der Waals surface area contributed by atoms with Crippen molar-refractivity contribution in [1.29, 1.82) is 0 Å². The van der Waals surface area contributed by atoms with Crippen LogP contribution in [-0.2, 0) is 0 Å². The molecule has 0 aromatic heterocycles. The summed E-state index contributed by atoms with van der Waals surface area (Å²) in [6.45, 7) is 18.0. The average Bonchev–Trinajstić information content (AvgIpc) is 1.78. The summed E-state index contributed by atoms with van der Waals surface area (Å²) in [5, 5.41) is 0. The van der Waals surface area contributed by atoms with Crippen LogP contribution in [0.3, 0.4) is 0 Å². The van der Waals surface area contributed by atoms with E-state index < -0.39 is 16.1 Å². The lowest BCUT2D eigenvalue weighted by Crippen LogP contribution is -2.37. The van der Waals surface area contributed by atoms with E-state index in [-0.39, 0.29) is 8.80 Å². The Bertz CT molecular complexity index is 160. The van der Waals surface area contributed by atoms with Crippen LogP contribution in [0.5, 0.6) is 0 Å². The smallest absolute Gasteiger partial charge is 0.0413 e. The van der Waals surface area contributed by atoms with Gasteiger partial charge in [-0.1, -0.05) is 62.8 Å². The van der Waals surface area contributed by atoms with Crippen LogP contribution in [-0.4, -0.2) is 34.5 Å². The van der Waals surface area contributed by atoms with Crippen LogP contribution in [0.15, 0.2) is 0 Å². The molecule has 0 aliphatic rings. The van der Waals surface area contributed by atoms with E-state index in [1.54, 1.807) is 17.0 Å². The molecule has 0 radical (unpaired) electrons. The molecule has 0 amide bonds. The van der Waals surface area contributed by atoms with E-state index in [9.17, 15) is 0 Å². The Morgan fingerprint density at radius 2 is 1.50 bits per heavy atom. The normalized spacial score (nSPS) is 16.5. The molecule has 0 rings (SSSR count). The third kappa shape index (κ3) is 8.20. The number of rotatable bonds is 6. The molecule has 0 N–H and O–H groups in total. The van der Waals surface area contributed by atoms with Gasteiger partial charge in [0.15, 0.2) is 0 Å². The summed E-state index contributed by atoms with van der Waals surface area (Å²) in [6, 6.07) is 0. The summed E-state index contributed by atoms with van der Waals surface area (Å²) in [5.74, 6) is 0. The topological polar surface area (TPSA) is 0 Å². The van der Waals surface area contributed by atoms with E-state index in [0.29, 0.717) is 9.52 Å². The van der Waals surface area contributed by atoms with Gasteiger partial charge in [-0.3, -0.25) is 0 Å². The molecule has 86 valence electrons. The highest BCUT2D eigenvalue weighted by molar-refractivity contribution is 6.96. The zero-order valence-electron chi connectivity index (χ0n) is 11.4. The third-order valence-electron chi connectivity index (χ3n) is 2.79. The van der Waals surface area contributed by atoms with Crippen LogP contribution in [0.25, 0.3) is 0 Å². The van der Waals surface area contributed by atoms with Gasteiger partial charge in [-0.2, -0.15) is 0 Å². The van der Waals surface area contributed by atoms with Gasteiger partial charge in [0.2, 0.25) is 0 Å². The molecule has 0 spiro atoms. The first-order chi connectivity index (χ1) is 6.16. The SMILES string of the molecule is C[SiH2]C[Si](C)(C)C[SiH](C)C[Si](C)(C)C. The lowest BCUT2D eigenvalue weighted by Gasteiger charge is -2.28. The quantitative estimate of drug-likeness (QED) is 0.645. The van der Waals surface area contributed by atoms with E-state index in [1.807, 2.05) is 0 Å². The van der Waals surface area contributed by atoms with Crippen molar-refractivity contribution in [2.45, 2.75) is 62.8 Å². The highest BCUT2D eigenvalue weighted by Crippen LogP contribution is 2.21. The second-order valence-corrected chi connectivity index (χ2v) is 24.9. The zero-order valence-corrected chi connectivity index (χ0v) is 16.0. The van der Waals surface area contributed by atoms with Gasteiger partial charge in [0.25, 0.3) is 0 Å². The summed E-state index contributed by atoms with van der Waals surface area (Å²) in [7, 11) is -1.49. The molecular weight excluding hydrogens is 232 g/mol. The Morgan fingerprint density at radius 3 is 1.86 bits per heavy atom. The molecule has 0 heterocycles. The molecule has 0 fully saturated rings. The summed E-state index contributed by atoms with van der Waals surface area (Å²) in [4.78, 5) is 0. The first-order valence-corrected chi connectivity index (χ1v) is 18.5. The van der Waals surface area contributed by atoms with E-state index in [0.717, 1.165) is 0 Å². The van der Waals surface area contributed by atoms with Crippen LogP contribution >= 0.6 is 0 Å². The minimum absolute atomic E-state index is 0.320. The second kappa shape index (κ2) is 5.82. The van der Waals surface area contributed by atoms with Crippen LogP contribution in [0.2, 0.25) is 62.8 Å². The Hall–Kier alpha value is 0.868. The second-order valence-electron chi connectivity index (χ2n) is 6.99. The van der Waals surface area contributed by atoms with Crippen LogP contribution in [0.1, 0.15) is 0 Å². The maximum absolute atomic E-state index is 2.64. The first kappa shape index (κ1) is 14.9. The van der Waals surface area contributed by atoms with Gasteiger partial charge >= 0.3 is 0 Å².